The minimum atomic E-state index is -3.19. The highest BCUT2D eigenvalue weighted by Gasteiger charge is 2.09. The molecule has 0 spiro atoms. The quantitative estimate of drug-likeness (QED) is 0.414. The summed E-state index contributed by atoms with van der Waals surface area (Å²) < 4.78 is 36.3. The van der Waals surface area contributed by atoms with Crippen molar-refractivity contribution in [3.05, 3.63) is 59.8 Å². The standard InChI is InChI=1S/C13H15FO2S3/c1-2-8-17-18-9-3-10-19(15,16)11-12-4-6-13(14)7-5-12/h2-7,9H,1,8,10-11H2/b9-3+. The molecule has 1 rings (SSSR count). The van der Waals surface area contributed by atoms with Gasteiger partial charge in [0.25, 0.3) is 0 Å². The number of halogens is 1. The van der Waals surface area contributed by atoms with Gasteiger partial charge >= 0.3 is 0 Å². The van der Waals surface area contributed by atoms with Gasteiger partial charge in [0.05, 0.1) is 11.5 Å². The summed E-state index contributed by atoms with van der Waals surface area (Å²) in [4.78, 5) is 0. The first kappa shape index (κ1) is 16.3. The van der Waals surface area contributed by atoms with E-state index in [1.54, 1.807) is 28.4 Å². The Morgan fingerprint density at radius 3 is 2.58 bits per heavy atom. The molecule has 0 saturated carbocycles. The second kappa shape index (κ2) is 8.45. The van der Waals surface area contributed by atoms with Crippen molar-refractivity contribution in [2.24, 2.45) is 0 Å². The van der Waals surface area contributed by atoms with Crippen molar-refractivity contribution in [1.29, 1.82) is 0 Å². The zero-order chi connectivity index (χ0) is 14.1. The van der Waals surface area contributed by atoms with Crippen LogP contribution in [-0.4, -0.2) is 19.9 Å². The van der Waals surface area contributed by atoms with E-state index in [4.69, 9.17) is 0 Å². The van der Waals surface area contributed by atoms with Crippen molar-refractivity contribution in [2.75, 3.05) is 11.5 Å². The molecule has 0 N–H and O–H groups in total. The molecule has 19 heavy (non-hydrogen) atoms. The predicted octanol–water partition coefficient (Wildman–Crippen LogP) is 3.82. The Hall–Kier alpha value is -0.720. The molecule has 0 heterocycles. The van der Waals surface area contributed by atoms with Gasteiger partial charge in [-0.1, -0.05) is 45.9 Å². The van der Waals surface area contributed by atoms with E-state index in [0.29, 0.717) is 5.56 Å². The number of hydrogen-bond donors (Lipinski definition) is 0. The smallest absolute Gasteiger partial charge is 0.158 e. The molecule has 0 radical (unpaired) electrons. The summed E-state index contributed by atoms with van der Waals surface area (Å²) in [6.45, 7) is 3.59. The third-order valence-corrected chi connectivity index (χ3v) is 5.49. The first-order chi connectivity index (χ1) is 9.03. The Morgan fingerprint density at radius 2 is 1.95 bits per heavy atom. The lowest BCUT2D eigenvalue weighted by molar-refractivity contribution is 0.597. The average molecular weight is 318 g/mol. The summed E-state index contributed by atoms with van der Waals surface area (Å²) in [5.41, 5.74) is 0.600. The summed E-state index contributed by atoms with van der Waals surface area (Å²) in [5, 5.41) is 1.76. The molecule has 0 amide bonds. The van der Waals surface area contributed by atoms with Crippen LogP contribution in [0.4, 0.5) is 4.39 Å². The molecule has 104 valence electrons. The Labute approximate surface area is 121 Å². The maximum absolute atomic E-state index is 12.7. The van der Waals surface area contributed by atoms with E-state index in [1.807, 2.05) is 0 Å². The highest BCUT2D eigenvalue weighted by Crippen LogP contribution is 2.22. The highest BCUT2D eigenvalue weighted by molar-refractivity contribution is 8.77. The van der Waals surface area contributed by atoms with Gasteiger partial charge in [-0.15, -0.1) is 6.58 Å². The summed E-state index contributed by atoms with van der Waals surface area (Å²) in [5.74, 6) is 0.377. The summed E-state index contributed by atoms with van der Waals surface area (Å²) >= 11 is 0. The molecule has 0 fully saturated rings. The van der Waals surface area contributed by atoms with Crippen molar-refractivity contribution in [3.8, 4) is 0 Å². The Bertz CT molecular complexity index is 521. The molecule has 0 atom stereocenters. The SMILES string of the molecule is C=CCSS/C=C/CS(=O)(=O)Cc1ccc(F)cc1. The zero-order valence-corrected chi connectivity index (χ0v) is 12.7. The van der Waals surface area contributed by atoms with Crippen molar-refractivity contribution in [3.63, 3.8) is 0 Å². The molecule has 0 aliphatic rings. The summed E-state index contributed by atoms with van der Waals surface area (Å²) in [7, 11) is -0.130. The van der Waals surface area contributed by atoms with Gasteiger partial charge in [0.1, 0.15) is 5.82 Å². The van der Waals surface area contributed by atoms with Gasteiger partial charge in [0.2, 0.25) is 0 Å². The molecular weight excluding hydrogens is 303 g/mol. The van der Waals surface area contributed by atoms with Crippen molar-refractivity contribution < 1.29 is 12.8 Å². The maximum atomic E-state index is 12.7. The van der Waals surface area contributed by atoms with Crippen molar-refractivity contribution >= 4 is 31.4 Å². The van der Waals surface area contributed by atoms with Gasteiger partial charge in [-0.25, -0.2) is 12.8 Å². The topological polar surface area (TPSA) is 34.1 Å². The van der Waals surface area contributed by atoms with E-state index in [1.165, 1.54) is 35.1 Å². The van der Waals surface area contributed by atoms with E-state index in [2.05, 4.69) is 6.58 Å². The fourth-order valence-electron chi connectivity index (χ4n) is 1.25. The molecule has 6 heteroatoms. The van der Waals surface area contributed by atoms with E-state index >= 15 is 0 Å². The van der Waals surface area contributed by atoms with Gasteiger partial charge in [-0.05, 0) is 23.1 Å². The number of sulfone groups is 1. The van der Waals surface area contributed by atoms with Crippen LogP contribution in [0.1, 0.15) is 5.56 Å². The second-order valence-corrected chi connectivity index (χ2v) is 8.15. The fourth-order valence-corrected chi connectivity index (χ4v) is 4.00. The lowest BCUT2D eigenvalue weighted by Crippen LogP contribution is -2.07. The Morgan fingerprint density at radius 1 is 1.26 bits per heavy atom. The van der Waals surface area contributed by atoms with Crippen LogP contribution >= 0.6 is 21.6 Å². The van der Waals surface area contributed by atoms with E-state index in [0.717, 1.165) is 5.75 Å². The molecule has 1 aromatic carbocycles. The minimum absolute atomic E-state index is 0.00791. The lowest BCUT2D eigenvalue weighted by Gasteiger charge is -2.01. The lowest BCUT2D eigenvalue weighted by atomic mass is 10.2. The minimum Gasteiger partial charge on any atom is -0.228 e. The third-order valence-electron chi connectivity index (χ3n) is 2.06. The van der Waals surface area contributed by atoms with Crippen LogP contribution in [0.3, 0.4) is 0 Å². The van der Waals surface area contributed by atoms with Crippen LogP contribution < -0.4 is 0 Å². The maximum Gasteiger partial charge on any atom is 0.158 e. The van der Waals surface area contributed by atoms with E-state index < -0.39 is 9.84 Å². The molecule has 0 aliphatic carbocycles. The largest absolute Gasteiger partial charge is 0.228 e. The molecule has 1 aromatic rings. The van der Waals surface area contributed by atoms with Crippen LogP contribution in [0.2, 0.25) is 0 Å². The molecule has 0 saturated heterocycles. The first-order valence-corrected chi connectivity index (χ1v) is 9.73. The monoisotopic (exact) mass is 318 g/mol. The Kier molecular flexibility index (Phi) is 7.27. The zero-order valence-electron chi connectivity index (χ0n) is 10.3. The Balaban J connectivity index is 2.43. The van der Waals surface area contributed by atoms with Crippen molar-refractivity contribution in [2.45, 2.75) is 5.75 Å². The first-order valence-electron chi connectivity index (χ1n) is 5.52. The molecular formula is C13H15FO2S3. The number of hydrogen-bond acceptors (Lipinski definition) is 4. The normalized spacial score (nSPS) is 11.8. The summed E-state index contributed by atoms with van der Waals surface area (Å²) in [6, 6.07) is 5.52. The van der Waals surface area contributed by atoms with Gasteiger partial charge < -0.3 is 0 Å². The number of rotatable bonds is 8. The second-order valence-electron chi connectivity index (χ2n) is 3.72. The third kappa shape index (κ3) is 7.44. The molecule has 0 bridgehead atoms. The molecule has 0 unspecified atom stereocenters. The summed E-state index contributed by atoms with van der Waals surface area (Å²) in [6.07, 6.45) is 3.41. The van der Waals surface area contributed by atoms with E-state index in [9.17, 15) is 12.8 Å². The van der Waals surface area contributed by atoms with Crippen LogP contribution in [0.5, 0.6) is 0 Å². The van der Waals surface area contributed by atoms with Gasteiger partial charge in [-0.3, -0.25) is 0 Å². The van der Waals surface area contributed by atoms with Gasteiger partial charge in [-0.2, -0.15) is 0 Å². The van der Waals surface area contributed by atoms with Crippen LogP contribution in [0, 0.1) is 5.82 Å². The fraction of sp³-hybridized carbons (Fsp3) is 0.231. The predicted molar refractivity (Wildman–Crippen MR) is 83.3 cm³/mol. The molecule has 2 nitrogen and oxygen atoms in total. The molecule has 0 aliphatic heterocycles. The van der Waals surface area contributed by atoms with Gasteiger partial charge in [0, 0.05) is 5.75 Å². The number of benzene rings is 1. The van der Waals surface area contributed by atoms with Crippen LogP contribution in [0.25, 0.3) is 0 Å². The van der Waals surface area contributed by atoms with Crippen LogP contribution in [0.15, 0.2) is 48.4 Å². The van der Waals surface area contributed by atoms with E-state index in [-0.39, 0.29) is 17.3 Å². The molecule has 0 aromatic heterocycles. The average Bonchev–Trinajstić information content (AvgIpc) is 2.36. The van der Waals surface area contributed by atoms with Crippen molar-refractivity contribution in [1.82, 2.24) is 0 Å². The van der Waals surface area contributed by atoms with Gasteiger partial charge in [0.15, 0.2) is 9.84 Å². The highest BCUT2D eigenvalue weighted by atomic mass is 33.1. The van der Waals surface area contributed by atoms with Crippen LogP contribution in [-0.2, 0) is 15.6 Å².